The number of nitrogens with zero attached hydrogens (tertiary/aromatic N) is 1. The van der Waals surface area contributed by atoms with Gasteiger partial charge in [-0.15, -0.1) is 0 Å². The Kier molecular flexibility index (Phi) is 3.85. The van der Waals surface area contributed by atoms with Crippen molar-refractivity contribution in [1.82, 2.24) is 4.98 Å². The van der Waals surface area contributed by atoms with Crippen molar-refractivity contribution in [1.29, 1.82) is 0 Å². The van der Waals surface area contributed by atoms with Gasteiger partial charge in [0.05, 0.1) is 5.69 Å². The molecule has 3 heteroatoms. The molecular weight excluding hydrogens is 214 g/mol. The molecule has 0 aliphatic carbocycles. The molecule has 3 nitrogen and oxygen atoms in total. The predicted molar refractivity (Wildman–Crippen MR) is 66.4 cm³/mol. The Morgan fingerprint density at radius 2 is 1.65 bits per heavy atom. The van der Waals surface area contributed by atoms with Crippen molar-refractivity contribution in [2.45, 2.75) is 6.29 Å². The van der Waals surface area contributed by atoms with Crippen molar-refractivity contribution < 1.29 is 9.47 Å². The topological polar surface area (TPSA) is 31.4 Å². The first-order chi connectivity index (χ1) is 8.35. The summed E-state index contributed by atoms with van der Waals surface area (Å²) in [4.78, 5) is 4.30. The van der Waals surface area contributed by atoms with Crippen molar-refractivity contribution in [3.8, 4) is 11.3 Å². The van der Waals surface area contributed by atoms with Gasteiger partial charge in [-0.25, -0.2) is 0 Å². The lowest BCUT2D eigenvalue weighted by Crippen LogP contribution is -2.03. The van der Waals surface area contributed by atoms with Gasteiger partial charge >= 0.3 is 0 Å². The van der Waals surface area contributed by atoms with Gasteiger partial charge in [0.2, 0.25) is 0 Å². The lowest BCUT2D eigenvalue weighted by atomic mass is 10.1. The average molecular weight is 229 g/mol. The molecule has 0 atom stereocenters. The summed E-state index contributed by atoms with van der Waals surface area (Å²) in [6.45, 7) is 0. The monoisotopic (exact) mass is 229 g/mol. The number of rotatable bonds is 4. The van der Waals surface area contributed by atoms with Crippen LogP contribution in [0.1, 0.15) is 11.9 Å². The summed E-state index contributed by atoms with van der Waals surface area (Å²) in [5.41, 5.74) is 3.04. The number of benzene rings is 1. The number of hydrogen-bond donors (Lipinski definition) is 0. The number of pyridine rings is 1. The predicted octanol–water partition coefficient (Wildman–Crippen LogP) is 3.04. The Balaban J connectivity index is 2.24. The Bertz CT molecular complexity index is 449. The van der Waals surface area contributed by atoms with Crippen LogP contribution in [0.25, 0.3) is 11.3 Å². The van der Waals surface area contributed by atoms with E-state index in [9.17, 15) is 0 Å². The minimum atomic E-state index is -0.312. The highest BCUT2D eigenvalue weighted by Gasteiger charge is 2.08. The zero-order valence-corrected chi connectivity index (χ0v) is 9.96. The number of methoxy groups -OCH3 is 2. The summed E-state index contributed by atoms with van der Waals surface area (Å²) in [7, 11) is 3.25. The molecule has 0 fully saturated rings. The zero-order valence-electron chi connectivity index (χ0n) is 9.96. The number of aromatic nitrogens is 1. The summed E-state index contributed by atoms with van der Waals surface area (Å²) in [5, 5.41) is 0. The SMILES string of the molecule is COC(OC)c1ccc(-c2ccccn2)cc1. The average Bonchev–Trinajstić information content (AvgIpc) is 2.42. The molecule has 0 bridgehead atoms. The Hall–Kier alpha value is -1.71. The first-order valence-corrected chi connectivity index (χ1v) is 5.42. The van der Waals surface area contributed by atoms with Crippen molar-refractivity contribution in [3.63, 3.8) is 0 Å². The second-order valence-corrected chi connectivity index (χ2v) is 3.64. The summed E-state index contributed by atoms with van der Waals surface area (Å²) in [5.74, 6) is 0. The van der Waals surface area contributed by atoms with Crippen LogP contribution in [-0.2, 0) is 9.47 Å². The van der Waals surface area contributed by atoms with Gasteiger partial charge in [-0.3, -0.25) is 4.98 Å². The highest BCUT2D eigenvalue weighted by molar-refractivity contribution is 5.59. The molecule has 0 N–H and O–H groups in total. The quantitative estimate of drug-likeness (QED) is 0.755. The molecule has 0 saturated carbocycles. The van der Waals surface area contributed by atoms with Crippen LogP contribution in [0.15, 0.2) is 48.7 Å². The van der Waals surface area contributed by atoms with E-state index in [1.165, 1.54) is 0 Å². The molecule has 0 spiro atoms. The van der Waals surface area contributed by atoms with E-state index in [1.54, 1.807) is 20.4 Å². The van der Waals surface area contributed by atoms with Crippen molar-refractivity contribution in [2.24, 2.45) is 0 Å². The lowest BCUT2D eigenvalue weighted by Gasteiger charge is -2.13. The van der Waals surface area contributed by atoms with Crippen LogP contribution < -0.4 is 0 Å². The maximum absolute atomic E-state index is 5.19. The standard InChI is InChI=1S/C14H15NO2/c1-16-14(17-2)12-8-6-11(7-9-12)13-5-3-4-10-15-13/h3-10,14H,1-2H3. The minimum absolute atomic E-state index is 0.312. The van der Waals surface area contributed by atoms with Gasteiger partial charge in [-0.2, -0.15) is 0 Å². The van der Waals surface area contributed by atoms with Gasteiger partial charge in [0.25, 0.3) is 0 Å². The van der Waals surface area contributed by atoms with Crippen LogP contribution in [0.3, 0.4) is 0 Å². The maximum Gasteiger partial charge on any atom is 0.183 e. The molecule has 0 amide bonds. The fourth-order valence-corrected chi connectivity index (χ4v) is 1.71. The van der Waals surface area contributed by atoms with E-state index >= 15 is 0 Å². The molecule has 1 aromatic carbocycles. The van der Waals surface area contributed by atoms with Crippen molar-refractivity contribution in [3.05, 3.63) is 54.2 Å². The third kappa shape index (κ3) is 2.70. The fraction of sp³-hybridized carbons (Fsp3) is 0.214. The molecule has 88 valence electrons. The van der Waals surface area contributed by atoms with E-state index in [0.29, 0.717) is 0 Å². The summed E-state index contributed by atoms with van der Waals surface area (Å²) in [6, 6.07) is 13.9. The molecule has 0 unspecified atom stereocenters. The summed E-state index contributed by atoms with van der Waals surface area (Å²) < 4.78 is 10.4. The zero-order chi connectivity index (χ0) is 12.1. The van der Waals surface area contributed by atoms with Crippen molar-refractivity contribution in [2.75, 3.05) is 14.2 Å². The molecule has 0 aliphatic heterocycles. The lowest BCUT2D eigenvalue weighted by molar-refractivity contribution is -0.106. The first kappa shape index (κ1) is 11.8. The molecular formula is C14H15NO2. The maximum atomic E-state index is 5.19. The Morgan fingerprint density at radius 3 is 2.18 bits per heavy atom. The van der Waals surface area contributed by atoms with Gasteiger partial charge in [0.15, 0.2) is 6.29 Å². The Morgan fingerprint density at radius 1 is 0.941 bits per heavy atom. The van der Waals surface area contributed by atoms with E-state index in [4.69, 9.17) is 9.47 Å². The molecule has 2 aromatic rings. The summed E-state index contributed by atoms with van der Waals surface area (Å²) in [6.07, 6.45) is 1.48. The highest BCUT2D eigenvalue weighted by atomic mass is 16.7. The van der Waals surface area contributed by atoms with Crippen LogP contribution in [0, 0.1) is 0 Å². The van der Waals surface area contributed by atoms with E-state index in [0.717, 1.165) is 16.8 Å². The van der Waals surface area contributed by atoms with E-state index < -0.39 is 0 Å². The largest absolute Gasteiger partial charge is 0.352 e. The van der Waals surface area contributed by atoms with Crippen LogP contribution in [-0.4, -0.2) is 19.2 Å². The van der Waals surface area contributed by atoms with Gasteiger partial charge in [-0.1, -0.05) is 30.3 Å². The molecule has 0 saturated heterocycles. The van der Waals surface area contributed by atoms with E-state index in [1.807, 2.05) is 42.5 Å². The normalized spacial score (nSPS) is 10.8. The molecule has 0 aliphatic rings. The fourth-order valence-electron chi connectivity index (χ4n) is 1.71. The van der Waals surface area contributed by atoms with Crippen LogP contribution in [0.2, 0.25) is 0 Å². The van der Waals surface area contributed by atoms with Gasteiger partial charge in [0.1, 0.15) is 0 Å². The van der Waals surface area contributed by atoms with Crippen LogP contribution in [0.5, 0.6) is 0 Å². The molecule has 1 aromatic heterocycles. The Labute approximate surface area is 101 Å². The van der Waals surface area contributed by atoms with Crippen LogP contribution >= 0.6 is 0 Å². The van der Waals surface area contributed by atoms with E-state index in [-0.39, 0.29) is 6.29 Å². The third-order valence-electron chi connectivity index (χ3n) is 2.57. The minimum Gasteiger partial charge on any atom is -0.352 e. The van der Waals surface area contributed by atoms with Crippen LogP contribution in [0.4, 0.5) is 0 Å². The van der Waals surface area contributed by atoms with Crippen molar-refractivity contribution >= 4 is 0 Å². The van der Waals surface area contributed by atoms with Gasteiger partial charge in [-0.05, 0) is 12.1 Å². The van der Waals surface area contributed by atoms with Gasteiger partial charge < -0.3 is 9.47 Å². The van der Waals surface area contributed by atoms with Gasteiger partial charge in [0, 0.05) is 31.5 Å². The molecule has 17 heavy (non-hydrogen) atoms. The third-order valence-corrected chi connectivity index (χ3v) is 2.57. The first-order valence-electron chi connectivity index (χ1n) is 5.42. The second kappa shape index (κ2) is 5.57. The summed E-state index contributed by atoms with van der Waals surface area (Å²) >= 11 is 0. The second-order valence-electron chi connectivity index (χ2n) is 3.64. The highest BCUT2D eigenvalue weighted by Crippen LogP contribution is 2.22. The number of ether oxygens (including phenoxy) is 2. The molecule has 0 radical (unpaired) electrons. The molecule has 1 heterocycles. The smallest absolute Gasteiger partial charge is 0.183 e. The van der Waals surface area contributed by atoms with E-state index in [2.05, 4.69) is 4.98 Å². The number of hydrogen-bond acceptors (Lipinski definition) is 3. The molecule has 2 rings (SSSR count).